The molecule has 0 heterocycles. The first kappa shape index (κ1) is 12.5. The van der Waals surface area contributed by atoms with Crippen LogP contribution in [0.1, 0.15) is 57.8 Å². The Bertz CT molecular complexity index is 111. The van der Waals surface area contributed by atoms with Crippen molar-refractivity contribution in [2.45, 2.75) is 65.6 Å². The molecular weight excluding hydrogens is 386 g/mol. The maximum atomic E-state index is 2.65. The first-order valence-electron chi connectivity index (χ1n) is 5.57. The minimum Gasteiger partial charge on any atom is -0.0826 e. The highest BCUT2D eigenvalue weighted by Gasteiger charge is 2.09. The number of halogens is 2. The van der Waals surface area contributed by atoms with Crippen molar-refractivity contribution in [2.75, 3.05) is 0 Å². The van der Waals surface area contributed by atoms with Gasteiger partial charge in [-0.25, -0.2) is 0 Å². The van der Waals surface area contributed by atoms with Crippen molar-refractivity contribution >= 4 is 45.2 Å². The van der Waals surface area contributed by atoms with E-state index in [1.165, 1.54) is 57.8 Å². The lowest BCUT2D eigenvalue weighted by Crippen LogP contribution is -2.00. The highest BCUT2D eigenvalue weighted by Crippen LogP contribution is 2.24. The van der Waals surface area contributed by atoms with Crippen LogP contribution in [0.25, 0.3) is 0 Å². The molecule has 0 N–H and O–H groups in total. The summed E-state index contributed by atoms with van der Waals surface area (Å²) in [6, 6.07) is 0. The van der Waals surface area contributed by atoms with Gasteiger partial charge in [0.15, 0.2) is 0 Å². The molecular formula is C11H20I2. The summed E-state index contributed by atoms with van der Waals surface area (Å²) in [5, 5.41) is 0. The molecule has 78 valence electrons. The average molecular weight is 406 g/mol. The van der Waals surface area contributed by atoms with E-state index < -0.39 is 0 Å². The molecule has 0 aromatic carbocycles. The van der Waals surface area contributed by atoms with Crippen molar-refractivity contribution < 1.29 is 0 Å². The lowest BCUT2D eigenvalue weighted by atomic mass is 10.1. The van der Waals surface area contributed by atoms with E-state index in [1.54, 1.807) is 0 Å². The molecule has 0 radical (unpaired) electrons. The van der Waals surface area contributed by atoms with Crippen LogP contribution in [0.2, 0.25) is 0 Å². The van der Waals surface area contributed by atoms with Gasteiger partial charge in [0, 0.05) is 7.85 Å². The van der Waals surface area contributed by atoms with Crippen LogP contribution < -0.4 is 0 Å². The van der Waals surface area contributed by atoms with Crippen molar-refractivity contribution in [1.82, 2.24) is 0 Å². The summed E-state index contributed by atoms with van der Waals surface area (Å²) in [5.74, 6) is 0. The van der Waals surface area contributed by atoms with E-state index in [1.807, 2.05) is 0 Å². The van der Waals surface area contributed by atoms with E-state index in [-0.39, 0.29) is 0 Å². The largest absolute Gasteiger partial charge is 0.0826 e. The summed E-state index contributed by atoms with van der Waals surface area (Å²) in [6.07, 6.45) is 13.2. The van der Waals surface area contributed by atoms with Gasteiger partial charge in [-0.05, 0) is 25.7 Å². The minimum absolute atomic E-state index is 0.958. The molecule has 0 aromatic rings. The molecule has 2 unspecified atom stereocenters. The van der Waals surface area contributed by atoms with E-state index in [0.717, 1.165) is 7.85 Å². The maximum absolute atomic E-state index is 2.65. The van der Waals surface area contributed by atoms with E-state index in [0.29, 0.717) is 0 Å². The molecule has 0 aromatic heterocycles. The molecule has 0 spiro atoms. The molecule has 0 amide bonds. The Hall–Kier alpha value is 1.46. The van der Waals surface area contributed by atoms with E-state index in [2.05, 4.69) is 45.2 Å². The fourth-order valence-corrected chi connectivity index (χ4v) is 3.70. The van der Waals surface area contributed by atoms with Crippen molar-refractivity contribution in [3.05, 3.63) is 0 Å². The third kappa shape index (κ3) is 6.52. The van der Waals surface area contributed by atoms with E-state index >= 15 is 0 Å². The van der Waals surface area contributed by atoms with Gasteiger partial charge in [0.1, 0.15) is 0 Å². The van der Waals surface area contributed by atoms with Gasteiger partial charge in [0.25, 0.3) is 0 Å². The first-order valence-corrected chi connectivity index (χ1v) is 8.06. The molecule has 0 nitrogen and oxygen atoms in total. The second kappa shape index (κ2) is 7.71. The van der Waals surface area contributed by atoms with Crippen molar-refractivity contribution in [3.8, 4) is 0 Å². The Kier molecular flexibility index (Phi) is 7.43. The molecule has 0 bridgehead atoms. The summed E-state index contributed by atoms with van der Waals surface area (Å²) >= 11 is 5.29. The third-order valence-corrected chi connectivity index (χ3v) is 5.31. The van der Waals surface area contributed by atoms with Gasteiger partial charge in [-0.15, -0.1) is 0 Å². The zero-order valence-electron chi connectivity index (χ0n) is 8.27. The molecule has 1 rings (SSSR count). The maximum Gasteiger partial charge on any atom is 0.0110 e. The SMILES string of the molecule is IC1CCCCCCC(I)CCC1. The third-order valence-electron chi connectivity index (χ3n) is 2.82. The number of rotatable bonds is 0. The molecule has 2 atom stereocenters. The molecule has 1 fully saturated rings. The normalized spacial score (nSPS) is 33.7. The van der Waals surface area contributed by atoms with Gasteiger partial charge in [-0.2, -0.15) is 0 Å². The van der Waals surface area contributed by atoms with Gasteiger partial charge >= 0.3 is 0 Å². The zero-order valence-corrected chi connectivity index (χ0v) is 12.6. The van der Waals surface area contributed by atoms with Crippen LogP contribution in [-0.2, 0) is 0 Å². The van der Waals surface area contributed by atoms with Crippen LogP contribution in [0.15, 0.2) is 0 Å². The quantitative estimate of drug-likeness (QED) is 0.387. The second-order valence-electron chi connectivity index (χ2n) is 4.12. The molecule has 1 saturated carbocycles. The van der Waals surface area contributed by atoms with E-state index in [9.17, 15) is 0 Å². The van der Waals surface area contributed by atoms with Crippen molar-refractivity contribution in [1.29, 1.82) is 0 Å². The Labute approximate surface area is 110 Å². The highest BCUT2D eigenvalue weighted by atomic mass is 127. The first-order chi connectivity index (χ1) is 6.29. The van der Waals surface area contributed by atoms with Crippen LogP contribution >= 0.6 is 45.2 Å². The lowest BCUT2D eigenvalue weighted by Gasteiger charge is -2.09. The zero-order chi connectivity index (χ0) is 9.52. The van der Waals surface area contributed by atoms with Gasteiger partial charge in [0.05, 0.1) is 0 Å². The Morgan fingerprint density at radius 2 is 0.923 bits per heavy atom. The molecule has 0 aliphatic heterocycles. The fourth-order valence-electron chi connectivity index (χ4n) is 1.93. The Morgan fingerprint density at radius 3 is 1.38 bits per heavy atom. The predicted molar refractivity (Wildman–Crippen MR) is 77.2 cm³/mol. The smallest absolute Gasteiger partial charge is 0.0110 e. The summed E-state index contributed by atoms with van der Waals surface area (Å²) in [7, 11) is 0. The highest BCUT2D eigenvalue weighted by molar-refractivity contribution is 14.1. The summed E-state index contributed by atoms with van der Waals surface area (Å²) in [4.78, 5) is 0. The number of hydrogen-bond donors (Lipinski definition) is 0. The number of alkyl halides is 2. The monoisotopic (exact) mass is 406 g/mol. The fraction of sp³-hybridized carbons (Fsp3) is 1.00. The average Bonchev–Trinajstić information content (AvgIpc) is 2.13. The molecule has 1 aliphatic carbocycles. The van der Waals surface area contributed by atoms with Gasteiger partial charge in [-0.3, -0.25) is 0 Å². The van der Waals surface area contributed by atoms with Crippen molar-refractivity contribution in [2.24, 2.45) is 0 Å². The van der Waals surface area contributed by atoms with Crippen molar-refractivity contribution in [3.63, 3.8) is 0 Å². The Morgan fingerprint density at radius 1 is 0.538 bits per heavy atom. The standard InChI is InChI=1S/C11H20I2/c12-10-6-3-1-2-4-7-11(13)9-5-8-10/h10-11H,1-9H2. The minimum atomic E-state index is 0.958. The second-order valence-corrected chi connectivity index (χ2v) is 7.64. The van der Waals surface area contributed by atoms with Crippen LogP contribution in [0, 0.1) is 0 Å². The lowest BCUT2D eigenvalue weighted by molar-refractivity contribution is 0.600. The van der Waals surface area contributed by atoms with E-state index in [4.69, 9.17) is 0 Å². The number of hydrogen-bond acceptors (Lipinski definition) is 0. The summed E-state index contributed by atoms with van der Waals surface area (Å²) in [5.41, 5.74) is 0. The van der Waals surface area contributed by atoms with Crippen LogP contribution in [-0.4, -0.2) is 7.85 Å². The predicted octanol–water partition coefficient (Wildman–Crippen LogP) is 5.12. The van der Waals surface area contributed by atoms with Gasteiger partial charge < -0.3 is 0 Å². The Balaban J connectivity index is 2.23. The van der Waals surface area contributed by atoms with Gasteiger partial charge in [0.2, 0.25) is 0 Å². The van der Waals surface area contributed by atoms with Crippen LogP contribution in [0.4, 0.5) is 0 Å². The van der Waals surface area contributed by atoms with Crippen LogP contribution in [0.3, 0.4) is 0 Å². The molecule has 13 heavy (non-hydrogen) atoms. The topological polar surface area (TPSA) is 0 Å². The molecule has 2 heteroatoms. The summed E-state index contributed by atoms with van der Waals surface area (Å²) in [6.45, 7) is 0. The van der Waals surface area contributed by atoms with Gasteiger partial charge in [-0.1, -0.05) is 77.3 Å². The van der Waals surface area contributed by atoms with Crippen LogP contribution in [0.5, 0.6) is 0 Å². The molecule has 1 aliphatic rings. The summed E-state index contributed by atoms with van der Waals surface area (Å²) < 4.78 is 1.92. The molecule has 0 saturated heterocycles.